The lowest BCUT2D eigenvalue weighted by Crippen LogP contribution is -2.40. The lowest BCUT2D eigenvalue weighted by molar-refractivity contribution is 0.0492. The fraction of sp³-hybridized carbons (Fsp3) is 0.923. The molecule has 1 saturated carbocycles. The molecular formula is C13H25NO5S. The van der Waals surface area contributed by atoms with Crippen LogP contribution in [0.5, 0.6) is 0 Å². The van der Waals surface area contributed by atoms with Crippen LogP contribution in [0.1, 0.15) is 52.9 Å². The second kappa shape index (κ2) is 6.30. The summed E-state index contributed by atoms with van der Waals surface area (Å²) < 4.78 is 31.5. The van der Waals surface area contributed by atoms with Gasteiger partial charge in [-0.15, -0.1) is 0 Å². The smallest absolute Gasteiger partial charge is 0.408 e. The van der Waals surface area contributed by atoms with Gasteiger partial charge in [-0.2, -0.15) is 8.42 Å². The molecule has 0 saturated heterocycles. The maximum absolute atomic E-state index is 11.7. The van der Waals surface area contributed by atoms with Crippen molar-refractivity contribution in [1.82, 2.24) is 5.32 Å². The van der Waals surface area contributed by atoms with E-state index in [0.717, 1.165) is 31.9 Å². The molecule has 0 spiro atoms. The van der Waals surface area contributed by atoms with Gasteiger partial charge in [0.25, 0.3) is 10.1 Å². The minimum Gasteiger partial charge on any atom is -0.444 e. The van der Waals surface area contributed by atoms with Gasteiger partial charge in [-0.25, -0.2) is 4.79 Å². The fourth-order valence-electron chi connectivity index (χ4n) is 1.88. The molecule has 118 valence electrons. The molecule has 1 rings (SSSR count). The van der Waals surface area contributed by atoms with Crippen molar-refractivity contribution >= 4 is 16.2 Å². The first-order valence-corrected chi connectivity index (χ1v) is 8.69. The molecule has 0 aromatic rings. The monoisotopic (exact) mass is 307 g/mol. The van der Waals surface area contributed by atoms with E-state index in [1.54, 1.807) is 0 Å². The van der Waals surface area contributed by atoms with E-state index in [0.29, 0.717) is 6.42 Å². The van der Waals surface area contributed by atoms with Gasteiger partial charge in [0.05, 0.1) is 12.9 Å². The predicted molar refractivity (Wildman–Crippen MR) is 76.0 cm³/mol. The Labute approximate surface area is 121 Å². The third-order valence-electron chi connectivity index (χ3n) is 2.97. The van der Waals surface area contributed by atoms with Gasteiger partial charge in [0.15, 0.2) is 0 Å². The van der Waals surface area contributed by atoms with Crippen LogP contribution in [-0.2, 0) is 19.0 Å². The second-order valence-electron chi connectivity index (χ2n) is 6.39. The van der Waals surface area contributed by atoms with E-state index in [1.165, 1.54) is 0 Å². The molecule has 0 unspecified atom stereocenters. The molecule has 1 fully saturated rings. The van der Waals surface area contributed by atoms with Gasteiger partial charge in [-0.05, 0) is 52.9 Å². The van der Waals surface area contributed by atoms with Crippen LogP contribution in [0.3, 0.4) is 0 Å². The predicted octanol–water partition coefficient (Wildman–Crippen LogP) is 2.19. The molecule has 0 bridgehead atoms. The van der Waals surface area contributed by atoms with Gasteiger partial charge in [-0.1, -0.05) is 0 Å². The van der Waals surface area contributed by atoms with Gasteiger partial charge in [0.1, 0.15) is 5.60 Å². The molecule has 1 aliphatic rings. The van der Waals surface area contributed by atoms with Crippen molar-refractivity contribution in [2.45, 2.75) is 64.0 Å². The number of hydrogen-bond donors (Lipinski definition) is 1. The highest BCUT2D eigenvalue weighted by Crippen LogP contribution is 2.40. The van der Waals surface area contributed by atoms with Crippen molar-refractivity contribution in [3.8, 4) is 0 Å². The molecule has 7 heteroatoms. The third-order valence-corrected chi connectivity index (χ3v) is 3.56. The Balaban J connectivity index is 2.21. The first-order chi connectivity index (χ1) is 9.02. The number of carbonyl (C=O) groups is 1. The molecule has 1 amide bonds. The van der Waals surface area contributed by atoms with Crippen molar-refractivity contribution in [3.05, 3.63) is 0 Å². The number of amides is 1. The number of nitrogens with one attached hydrogen (secondary N) is 1. The molecule has 0 radical (unpaired) electrons. The quantitative estimate of drug-likeness (QED) is 0.576. The number of carbonyl (C=O) groups excluding carboxylic acids is 1. The van der Waals surface area contributed by atoms with Crippen LogP contribution in [-0.4, -0.2) is 38.5 Å². The third kappa shape index (κ3) is 7.69. The van der Waals surface area contributed by atoms with Gasteiger partial charge >= 0.3 is 6.09 Å². The molecule has 0 atom stereocenters. The van der Waals surface area contributed by atoms with Crippen LogP contribution in [0.4, 0.5) is 4.79 Å². The molecule has 1 aliphatic carbocycles. The van der Waals surface area contributed by atoms with E-state index in [4.69, 9.17) is 4.74 Å². The van der Waals surface area contributed by atoms with E-state index in [-0.39, 0.29) is 18.2 Å². The largest absolute Gasteiger partial charge is 0.444 e. The molecule has 0 aromatic heterocycles. The first kappa shape index (κ1) is 17.2. The van der Waals surface area contributed by atoms with Crippen LogP contribution < -0.4 is 5.32 Å². The van der Waals surface area contributed by atoms with Crippen molar-refractivity contribution in [2.24, 2.45) is 0 Å². The zero-order valence-electron chi connectivity index (χ0n) is 12.7. The zero-order chi connectivity index (χ0) is 15.4. The topological polar surface area (TPSA) is 81.7 Å². The van der Waals surface area contributed by atoms with E-state index >= 15 is 0 Å². The van der Waals surface area contributed by atoms with Gasteiger partial charge in [0, 0.05) is 5.54 Å². The normalized spacial score (nSPS) is 17.6. The minimum atomic E-state index is -3.35. The highest BCUT2D eigenvalue weighted by atomic mass is 32.2. The van der Waals surface area contributed by atoms with Crippen molar-refractivity contribution < 1.29 is 22.1 Å². The van der Waals surface area contributed by atoms with Crippen molar-refractivity contribution in [1.29, 1.82) is 0 Å². The number of rotatable bonds is 7. The molecular weight excluding hydrogens is 282 g/mol. The maximum atomic E-state index is 11.7. The summed E-state index contributed by atoms with van der Waals surface area (Å²) in [5.74, 6) is 0. The summed E-state index contributed by atoms with van der Waals surface area (Å²) in [5, 5.41) is 2.91. The van der Waals surface area contributed by atoms with Crippen molar-refractivity contribution in [2.75, 3.05) is 12.9 Å². The maximum Gasteiger partial charge on any atom is 0.408 e. The lowest BCUT2D eigenvalue weighted by atomic mass is 10.1. The average molecular weight is 307 g/mol. The van der Waals surface area contributed by atoms with Crippen LogP contribution in [0, 0.1) is 0 Å². The summed E-state index contributed by atoms with van der Waals surface area (Å²) in [5.41, 5.74) is -0.656. The Hall–Kier alpha value is -0.820. The standard InChI is InChI=1S/C13H25NO5S/c1-12(2,3)19-11(15)14-13(8-9-13)7-5-6-10-18-20(4,16)17/h5-10H2,1-4H3,(H,14,15). The molecule has 0 aliphatic heterocycles. The first-order valence-electron chi connectivity index (χ1n) is 6.87. The molecule has 20 heavy (non-hydrogen) atoms. The summed E-state index contributed by atoms with van der Waals surface area (Å²) in [6.45, 7) is 5.68. The van der Waals surface area contributed by atoms with Crippen LogP contribution in [0.25, 0.3) is 0 Å². The van der Waals surface area contributed by atoms with Crippen LogP contribution in [0.2, 0.25) is 0 Å². The van der Waals surface area contributed by atoms with E-state index < -0.39 is 15.7 Å². The molecule has 0 aromatic carbocycles. The molecule has 0 heterocycles. The van der Waals surface area contributed by atoms with E-state index in [1.807, 2.05) is 20.8 Å². The Bertz CT molecular complexity index is 434. The van der Waals surface area contributed by atoms with Crippen LogP contribution >= 0.6 is 0 Å². The molecule has 6 nitrogen and oxygen atoms in total. The highest BCUT2D eigenvalue weighted by molar-refractivity contribution is 7.85. The Morgan fingerprint density at radius 2 is 1.85 bits per heavy atom. The summed E-state index contributed by atoms with van der Waals surface area (Å²) in [6.07, 6.45) is 4.83. The van der Waals surface area contributed by atoms with Gasteiger partial charge in [-0.3, -0.25) is 4.18 Å². The van der Waals surface area contributed by atoms with Gasteiger partial charge < -0.3 is 10.1 Å². The van der Waals surface area contributed by atoms with E-state index in [9.17, 15) is 13.2 Å². The van der Waals surface area contributed by atoms with Crippen LogP contribution in [0.15, 0.2) is 0 Å². The minimum absolute atomic E-state index is 0.159. The molecule has 1 N–H and O–H groups in total. The lowest BCUT2D eigenvalue weighted by Gasteiger charge is -2.23. The Kier molecular flexibility index (Phi) is 5.43. The summed E-state index contributed by atoms with van der Waals surface area (Å²) >= 11 is 0. The Morgan fingerprint density at radius 1 is 1.25 bits per heavy atom. The average Bonchev–Trinajstić information content (AvgIpc) is 2.92. The van der Waals surface area contributed by atoms with Gasteiger partial charge in [0.2, 0.25) is 0 Å². The summed E-state index contributed by atoms with van der Waals surface area (Å²) in [7, 11) is -3.35. The highest BCUT2D eigenvalue weighted by Gasteiger charge is 2.44. The summed E-state index contributed by atoms with van der Waals surface area (Å²) in [4.78, 5) is 11.7. The number of unbranched alkanes of at least 4 members (excludes halogenated alkanes) is 1. The number of alkyl carbamates (subject to hydrolysis) is 1. The Morgan fingerprint density at radius 3 is 2.30 bits per heavy atom. The zero-order valence-corrected chi connectivity index (χ0v) is 13.5. The summed E-state index contributed by atoms with van der Waals surface area (Å²) in [6, 6.07) is 0. The second-order valence-corrected chi connectivity index (χ2v) is 8.03. The fourth-order valence-corrected chi connectivity index (χ4v) is 2.30. The van der Waals surface area contributed by atoms with E-state index in [2.05, 4.69) is 9.50 Å². The number of hydrogen-bond acceptors (Lipinski definition) is 5. The number of ether oxygens (including phenoxy) is 1. The van der Waals surface area contributed by atoms with Crippen molar-refractivity contribution in [3.63, 3.8) is 0 Å². The SMILES string of the molecule is CC(C)(C)OC(=O)NC1(CCCCOS(C)(=O)=O)CC1.